The third-order valence-electron chi connectivity index (χ3n) is 6.40. The van der Waals surface area contributed by atoms with Crippen LogP contribution in [-0.4, -0.2) is 17.7 Å². The van der Waals surface area contributed by atoms with E-state index in [1.807, 2.05) is 19.1 Å². The van der Waals surface area contributed by atoms with E-state index in [-0.39, 0.29) is 17.8 Å². The topological polar surface area (TPSA) is 72.5 Å². The van der Waals surface area contributed by atoms with Crippen LogP contribution in [0.1, 0.15) is 49.3 Å². The summed E-state index contributed by atoms with van der Waals surface area (Å²) in [4.78, 5) is 38.5. The molecule has 2 aromatic carbocycles. The lowest BCUT2D eigenvalue weighted by Gasteiger charge is -2.36. The number of ether oxygens (including phenoxy) is 1. The van der Waals surface area contributed by atoms with Gasteiger partial charge in [0.2, 0.25) is 6.10 Å². The second-order valence-electron chi connectivity index (χ2n) is 8.58. The molecule has 162 valence electrons. The van der Waals surface area contributed by atoms with E-state index in [0.29, 0.717) is 34.9 Å². The average Bonchev–Trinajstić information content (AvgIpc) is 2.75. The second-order valence-corrected chi connectivity index (χ2v) is 8.98. The maximum Gasteiger partial charge on any atom is 0.310 e. The van der Waals surface area contributed by atoms with Gasteiger partial charge in [0.05, 0.1) is 5.92 Å². The molecule has 2 bridgehead atoms. The highest BCUT2D eigenvalue weighted by Crippen LogP contribution is 2.41. The van der Waals surface area contributed by atoms with Gasteiger partial charge in [0.25, 0.3) is 5.91 Å². The average molecular weight is 440 g/mol. The summed E-state index contributed by atoms with van der Waals surface area (Å²) < 4.78 is 5.77. The molecule has 5 nitrogen and oxygen atoms in total. The van der Waals surface area contributed by atoms with Crippen molar-refractivity contribution in [3.05, 3.63) is 64.7 Å². The number of esters is 1. The number of amides is 1. The fraction of sp³-hybridized carbons (Fsp3) is 0.400. The Balaban J connectivity index is 1.51. The third kappa shape index (κ3) is 4.82. The highest BCUT2D eigenvalue weighted by Gasteiger charge is 2.42. The second kappa shape index (κ2) is 9.23. The Labute approximate surface area is 187 Å². The molecule has 3 atom stereocenters. The first-order chi connectivity index (χ1) is 14.9. The van der Waals surface area contributed by atoms with E-state index < -0.39 is 18.0 Å². The number of anilines is 1. The Hall–Kier alpha value is -2.66. The van der Waals surface area contributed by atoms with Crippen LogP contribution >= 0.6 is 11.6 Å². The number of hydrogen-bond acceptors (Lipinski definition) is 4. The van der Waals surface area contributed by atoms with Crippen molar-refractivity contribution in [2.45, 2.75) is 45.1 Å². The van der Waals surface area contributed by atoms with Crippen LogP contribution in [0.2, 0.25) is 5.02 Å². The molecule has 4 rings (SSSR count). The minimum Gasteiger partial charge on any atom is -0.447 e. The van der Waals surface area contributed by atoms with Crippen molar-refractivity contribution in [2.24, 2.45) is 17.8 Å². The molecule has 0 aromatic heterocycles. The first kappa shape index (κ1) is 21.6. The maximum atomic E-state index is 13.1. The molecule has 2 saturated carbocycles. The van der Waals surface area contributed by atoms with Gasteiger partial charge in [-0.05, 0) is 50.3 Å². The molecule has 2 aliphatic carbocycles. The first-order valence-electron chi connectivity index (χ1n) is 10.8. The minimum absolute atomic E-state index is 0.0521. The van der Waals surface area contributed by atoms with Crippen molar-refractivity contribution in [1.82, 2.24) is 0 Å². The summed E-state index contributed by atoms with van der Waals surface area (Å²) in [6.07, 6.45) is 2.68. The number of halogens is 1. The lowest BCUT2D eigenvalue weighted by atomic mass is 9.67. The van der Waals surface area contributed by atoms with E-state index in [0.717, 1.165) is 24.8 Å². The summed E-state index contributed by atoms with van der Waals surface area (Å²) in [5, 5.41) is 3.35. The molecule has 2 aliphatic rings. The number of rotatable bonds is 5. The largest absolute Gasteiger partial charge is 0.447 e. The van der Waals surface area contributed by atoms with Crippen molar-refractivity contribution >= 4 is 34.9 Å². The SMILES string of the molecule is Cc1ccc(NC(=O)C(OC(=O)C2CC3CCCC(C2)C3=O)c2ccccc2)cc1Cl. The minimum atomic E-state index is -1.08. The third-order valence-corrected chi connectivity index (χ3v) is 6.80. The van der Waals surface area contributed by atoms with Crippen LogP contribution in [-0.2, 0) is 19.1 Å². The van der Waals surface area contributed by atoms with E-state index >= 15 is 0 Å². The molecular formula is C25H26ClNO4. The van der Waals surface area contributed by atoms with Crippen molar-refractivity contribution < 1.29 is 19.1 Å². The Bertz CT molecular complexity index is 974. The van der Waals surface area contributed by atoms with Crippen LogP contribution in [0.4, 0.5) is 5.69 Å². The zero-order valence-electron chi connectivity index (χ0n) is 17.5. The van der Waals surface area contributed by atoms with Gasteiger partial charge in [0.1, 0.15) is 5.78 Å². The van der Waals surface area contributed by atoms with Gasteiger partial charge in [0, 0.05) is 28.1 Å². The molecule has 1 N–H and O–H groups in total. The molecule has 0 heterocycles. The maximum absolute atomic E-state index is 13.1. The van der Waals surface area contributed by atoms with Crippen LogP contribution in [0.3, 0.4) is 0 Å². The van der Waals surface area contributed by atoms with Crippen molar-refractivity contribution in [2.75, 3.05) is 5.32 Å². The molecule has 1 amide bonds. The Kier molecular flexibility index (Phi) is 6.42. The number of benzene rings is 2. The summed E-state index contributed by atoms with van der Waals surface area (Å²) in [6.45, 7) is 1.88. The van der Waals surface area contributed by atoms with Gasteiger partial charge < -0.3 is 10.1 Å². The number of hydrogen-bond donors (Lipinski definition) is 1. The number of carbonyl (C=O) groups is 3. The summed E-state index contributed by atoms with van der Waals surface area (Å²) in [7, 11) is 0. The lowest BCUT2D eigenvalue weighted by Crippen LogP contribution is -2.40. The van der Waals surface area contributed by atoms with Crippen molar-refractivity contribution in [3.63, 3.8) is 0 Å². The highest BCUT2D eigenvalue weighted by atomic mass is 35.5. The molecule has 2 fully saturated rings. The molecule has 0 radical (unpaired) electrons. The number of carbonyl (C=O) groups excluding carboxylic acids is 3. The van der Waals surface area contributed by atoms with Crippen LogP contribution in [0.25, 0.3) is 0 Å². The van der Waals surface area contributed by atoms with Crippen LogP contribution in [0.15, 0.2) is 48.5 Å². The zero-order valence-corrected chi connectivity index (χ0v) is 18.2. The zero-order chi connectivity index (χ0) is 22.0. The number of fused-ring (bicyclic) bond motifs is 2. The molecule has 6 heteroatoms. The van der Waals surface area contributed by atoms with Crippen LogP contribution in [0.5, 0.6) is 0 Å². The Morgan fingerprint density at radius 2 is 1.74 bits per heavy atom. The predicted octanol–water partition coefficient (Wildman–Crippen LogP) is 5.27. The Morgan fingerprint density at radius 3 is 2.39 bits per heavy atom. The van der Waals surface area contributed by atoms with Crippen LogP contribution < -0.4 is 5.32 Å². The van der Waals surface area contributed by atoms with Gasteiger partial charge in [-0.1, -0.05) is 54.4 Å². The normalized spacial score (nSPS) is 23.7. The summed E-state index contributed by atoms with van der Waals surface area (Å²) in [6, 6.07) is 14.2. The van der Waals surface area contributed by atoms with Gasteiger partial charge in [-0.15, -0.1) is 0 Å². The van der Waals surface area contributed by atoms with E-state index in [2.05, 4.69) is 5.32 Å². The van der Waals surface area contributed by atoms with Gasteiger partial charge in [-0.3, -0.25) is 14.4 Å². The van der Waals surface area contributed by atoms with Crippen molar-refractivity contribution in [3.8, 4) is 0 Å². The van der Waals surface area contributed by atoms with Gasteiger partial charge in [-0.2, -0.15) is 0 Å². The molecule has 0 aliphatic heterocycles. The monoisotopic (exact) mass is 439 g/mol. The molecule has 2 aromatic rings. The van der Waals surface area contributed by atoms with Crippen molar-refractivity contribution in [1.29, 1.82) is 0 Å². The van der Waals surface area contributed by atoms with Crippen LogP contribution in [0, 0.1) is 24.7 Å². The van der Waals surface area contributed by atoms with E-state index in [1.54, 1.807) is 36.4 Å². The lowest BCUT2D eigenvalue weighted by molar-refractivity contribution is -0.162. The smallest absolute Gasteiger partial charge is 0.310 e. The highest BCUT2D eigenvalue weighted by molar-refractivity contribution is 6.31. The molecule has 0 spiro atoms. The summed E-state index contributed by atoms with van der Waals surface area (Å²) in [5.41, 5.74) is 2.04. The summed E-state index contributed by atoms with van der Waals surface area (Å²) >= 11 is 6.17. The van der Waals surface area contributed by atoms with Gasteiger partial charge in [0.15, 0.2) is 0 Å². The number of Topliss-reactive ketones (excluding diaryl/α,β-unsaturated/α-hetero) is 1. The van der Waals surface area contributed by atoms with E-state index in [4.69, 9.17) is 16.3 Å². The molecule has 3 unspecified atom stereocenters. The number of ketones is 1. The fourth-order valence-corrected chi connectivity index (χ4v) is 4.84. The van der Waals surface area contributed by atoms with E-state index in [9.17, 15) is 14.4 Å². The number of nitrogens with one attached hydrogen (secondary N) is 1. The first-order valence-corrected chi connectivity index (χ1v) is 11.2. The number of aryl methyl sites for hydroxylation is 1. The molecular weight excluding hydrogens is 414 g/mol. The molecule has 0 saturated heterocycles. The van der Waals surface area contributed by atoms with Gasteiger partial charge in [-0.25, -0.2) is 0 Å². The standard InChI is InChI=1S/C25H26ClNO4/c1-15-10-11-20(14-21(15)26)27-24(29)23(16-6-3-2-4-7-16)31-25(30)19-12-17-8-5-9-18(13-19)22(17)28/h2-4,6-7,10-11,14,17-19,23H,5,8-9,12-13H2,1H3,(H,27,29). The van der Waals surface area contributed by atoms with Gasteiger partial charge >= 0.3 is 5.97 Å². The van der Waals surface area contributed by atoms with E-state index in [1.165, 1.54) is 0 Å². The Morgan fingerprint density at radius 1 is 1.06 bits per heavy atom. The predicted molar refractivity (Wildman–Crippen MR) is 119 cm³/mol. The summed E-state index contributed by atoms with van der Waals surface area (Å²) in [5.74, 6) is -1.00. The quantitative estimate of drug-likeness (QED) is 0.644. The fourth-order valence-electron chi connectivity index (χ4n) is 4.66. The molecule has 31 heavy (non-hydrogen) atoms.